The van der Waals surface area contributed by atoms with Crippen molar-refractivity contribution >= 4 is 16.5 Å². The number of benzene rings is 6. The number of hydrogen-bond acceptors (Lipinski definition) is 4. The molecule has 4 nitrogen and oxygen atoms in total. The van der Waals surface area contributed by atoms with E-state index in [-0.39, 0.29) is 12.1 Å². The number of ether oxygens (including phenoxy) is 1. The van der Waals surface area contributed by atoms with Crippen molar-refractivity contribution < 1.29 is 9.84 Å². The molecule has 0 bridgehead atoms. The molecule has 0 aromatic heterocycles. The lowest BCUT2D eigenvalue weighted by atomic mass is 9.89. The van der Waals surface area contributed by atoms with Crippen LogP contribution in [-0.2, 0) is 19.5 Å². The molecule has 0 spiro atoms. The van der Waals surface area contributed by atoms with Crippen molar-refractivity contribution in [3.63, 3.8) is 0 Å². The Morgan fingerprint density at radius 2 is 1.16 bits per heavy atom. The predicted molar refractivity (Wildman–Crippen MR) is 181 cm³/mol. The molecule has 0 saturated heterocycles. The Labute approximate surface area is 260 Å². The summed E-state index contributed by atoms with van der Waals surface area (Å²) in [6.45, 7) is 1.50. The van der Waals surface area contributed by atoms with Gasteiger partial charge >= 0.3 is 0 Å². The normalized spacial score (nSPS) is 12.6. The lowest BCUT2D eigenvalue weighted by Crippen LogP contribution is -2.43. The number of aromatic hydroxyl groups is 1. The zero-order valence-electron chi connectivity index (χ0n) is 25.0. The average molecular weight is 579 g/mol. The second-order valence-electron chi connectivity index (χ2n) is 11.2. The summed E-state index contributed by atoms with van der Waals surface area (Å²) >= 11 is 0. The number of anilines is 1. The first-order chi connectivity index (χ1) is 21.7. The van der Waals surface area contributed by atoms with Crippen molar-refractivity contribution in [2.24, 2.45) is 0 Å². The van der Waals surface area contributed by atoms with E-state index in [1.54, 1.807) is 7.11 Å². The van der Waals surface area contributed by atoms with Crippen molar-refractivity contribution in [3.8, 4) is 11.5 Å². The second kappa shape index (κ2) is 13.9. The maximum absolute atomic E-state index is 11.9. The van der Waals surface area contributed by atoms with Gasteiger partial charge < -0.3 is 15.2 Å². The van der Waals surface area contributed by atoms with Gasteiger partial charge in [-0.15, -0.1) is 0 Å². The molecule has 44 heavy (non-hydrogen) atoms. The molecule has 0 aliphatic heterocycles. The summed E-state index contributed by atoms with van der Waals surface area (Å²) in [5.41, 5.74) is 5.55. The summed E-state index contributed by atoms with van der Waals surface area (Å²) in [5.74, 6) is 1.11. The van der Waals surface area contributed by atoms with Crippen LogP contribution in [0, 0.1) is 0 Å². The number of methoxy groups -OCH3 is 1. The van der Waals surface area contributed by atoms with Gasteiger partial charge in [0, 0.05) is 35.8 Å². The van der Waals surface area contributed by atoms with Crippen molar-refractivity contribution in [2.75, 3.05) is 12.4 Å². The number of hydrogen-bond donors (Lipinski definition) is 2. The van der Waals surface area contributed by atoms with E-state index < -0.39 is 0 Å². The largest absolute Gasteiger partial charge is 0.507 e. The fourth-order valence-corrected chi connectivity index (χ4v) is 6.01. The fraction of sp³-hybridized carbons (Fsp3) is 0.150. The number of rotatable bonds is 12. The predicted octanol–water partition coefficient (Wildman–Crippen LogP) is 9.02. The second-order valence-corrected chi connectivity index (χ2v) is 11.2. The molecule has 0 aliphatic rings. The van der Waals surface area contributed by atoms with Crippen LogP contribution >= 0.6 is 0 Å². The summed E-state index contributed by atoms with van der Waals surface area (Å²) in [4.78, 5) is 2.55. The van der Waals surface area contributed by atoms with E-state index in [1.165, 1.54) is 16.7 Å². The van der Waals surface area contributed by atoms with Crippen molar-refractivity contribution in [2.45, 2.75) is 31.6 Å². The summed E-state index contributed by atoms with van der Waals surface area (Å²) in [6, 6.07) is 51.9. The van der Waals surface area contributed by atoms with E-state index in [9.17, 15) is 5.11 Å². The highest BCUT2D eigenvalue weighted by Gasteiger charge is 2.32. The van der Waals surface area contributed by atoms with E-state index in [1.807, 2.05) is 48.5 Å². The third-order valence-corrected chi connectivity index (χ3v) is 8.28. The Morgan fingerprint density at radius 3 is 1.75 bits per heavy atom. The van der Waals surface area contributed by atoms with Gasteiger partial charge in [-0.05, 0) is 52.8 Å². The third kappa shape index (κ3) is 6.94. The van der Waals surface area contributed by atoms with Gasteiger partial charge in [-0.1, -0.05) is 127 Å². The molecule has 0 heterocycles. The number of phenols is 1. The molecule has 0 amide bonds. The number of phenolic OH excluding ortho intramolecular Hbond substituents is 1. The van der Waals surface area contributed by atoms with Crippen LogP contribution in [0.4, 0.5) is 5.69 Å². The van der Waals surface area contributed by atoms with Gasteiger partial charge in [0.2, 0.25) is 0 Å². The van der Waals surface area contributed by atoms with Crippen LogP contribution in [0.1, 0.15) is 28.3 Å². The quantitative estimate of drug-likeness (QED) is 0.152. The minimum atomic E-state index is -0.249. The van der Waals surface area contributed by atoms with Crippen molar-refractivity contribution in [1.29, 1.82) is 0 Å². The Hall–Kier alpha value is -5.06. The lowest BCUT2D eigenvalue weighted by Gasteiger charge is -2.39. The highest BCUT2D eigenvalue weighted by molar-refractivity contribution is 5.89. The summed E-state index contributed by atoms with van der Waals surface area (Å²) in [6.07, 6.45) is 0.778. The highest BCUT2D eigenvalue weighted by atomic mass is 16.5. The minimum absolute atomic E-state index is 0.0352. The van der Waals surface area contributed by atoms with Gasteiger partial charge in [0.15, 0.2) is 0 Å². The molecule has 0 unspecified atom stereocenters. The zero-order chi connectivity index (χ0) is 30.1. The van der Waals surface area contributed by atoms with Gasteiger partial charge in [-0.3, -0.25) is 4.90 Å². The smallest absolute Gasteiger partial charge is 0.128 e. The van der Waals surface area contributed by atoms with Crippen LogP contribution in [0.2, 0.25) is 0 Å². The van der Waals surface area contributed by atoms with E-state index in [4.69, 9.17) is 4.74 Å². The summed E-state index contributed by atoms with van der Waals surface area (Å²) in [7, 11) is 1.68. The minimum Gasteiger partial charge on any atom is -0.507 e. The number of fused-ring (bicyclic) bond motifs is 1. The Balaban J connectivity index is 1.51. The third-order valence-electron chi connectivity index (χ3n) is 8.28. The van der Waals surface area contributed by atoms with Crippen LogP contribution < -0.4 is 10.1 Å². The molecule has 6 aromatic carbocycles. The molecule has 0 saturated carbocycles. The number of nitrogens with zero attached hydrogens (tertiary/aromatic N) is 1. The maximum atomic E-state index is 11.9. The first-order valence-electron chi connectivity index (χ1n) is 15.1. The van der Waals surface area contributed by atoms with E-state index >= 15 is 0 Å². The molecule has 220 valence electrons. The van der Waals surface area contributed by atoms with E-state index in [2.05, 4.69) is 113 Å². The van der Waals surface area contributed by atoms with Crippen molar-refractivity contribution in [1.82, 2.24) is 4.90 Å². The van der Waals surface area contributed by atoms with Gasteiger partial charge in [0.1, 0.15) is 11.5 Å². The van der Waals surface area contributed by atoms with Crippen LogP contribution in [0.3, 0.4) is 0 Å². The molecule has 6 rings (SSSR count). The first-order valence-corrected chi connectivity index (χ1v) is 15.1. The average Bonchev–Trinajstić information content (AvgIpc) is 3.08. The fourth-order valence-electron chi connectivity index (χ4n) is 6.01. The molecule has 4 heteroatoms. The van der Waals surface area contributed by atoms with Gasteiger partial charge in [0.25, 0.3) is 0 Å². The Bertz CT molecular complexity index is 1720. The van der Waals surface area contributed by atoms with Gasteiger partial charge in [0.05, 0.1) is 13.2 Å². The highest BCUT2D eigenvalue weighted by Crippen LogP contribution is 2.39. The molecule has 0 fully saturated rings. The van der Waals surface area contributed by atoms with Crippen LogP contribution in [0.5, 0.6) is 11.5 Å². The van der Waals surface area contributed by atoms with Crippen molar-refractivity contribution in [3.05, 3.63) is 174 Å². The van der Waals surface area contributed by atoms with Crippen LogP contribution in [0.25, 0.3) is 10.8 Å². The Morgan fingerprint density at radius 1 is 0.614 bits per heavy atom. The standard InChI is InChI=1S/C40H38N2O2/c1-44-35-24-22-34(23-25-35)41-39(37-26-21-33-19-11-12-20-36(33)40(37)43)38(27-30-13-5-2-6-14-30)42(28-31-15-7-3-8-16-31)29-32-17-9-4-10-18-32/h2-26,38-39,41,43H,27-29H2,1H3/t38-,39+/m0/s1. The summed E-state index contributed by atoms with van der Waals surface area (Å²) < 4.78 is 5.45. The molecule has 6 aromatic rings. The maximum Gasteiger partial charge on any atom is 0.128 e. The number of nitrogens with one attached hydrogen (secondary N) is 1. The van der Waals surface area contributed by atoms with E-state index in [0.29, 0.717) is 5.75 Å². The molecule has 0 radical (unpaired) electrons. The van der Waals surface area contributed by atoms with Gasteiger partial charge in [-0.25, -0.2) is 0 Å². The zero-order valence-corrected chi connectivity index (χ0v) is 25.0. The molecular formula is C40H38N2O2. The first kappa shape index (κ1) is 29.0. The SMILES string of the molecule is COc1ccc(N[C@H](c2ccc3ccccc3c2O)[C@H](Cc2ccccc2)N(Cc2ccccc2)Cc2ccccc2)cc1. The monoisotopic (exact) mass is 578 g/mol. The lowest BCUT2D eigenvalue weighted by molar-refractivity contribution is 0.157. The molecule has 2 atom stereocenters. The van der Waals surface area contributed by atoms with Crippen LogP contribution in [-0.4, -0.2) is 23.2 Å². The summed E-state index contributed by atoms with van der Waals surface area (Å²) in [5, 5.41) is 17.6. The molecular weight excluding hydrogens is 540 g/mol. The molecule has 2 N–H and O–H groups in total. The topological polar surface area (TPSA) is 44.7 Å². The van der Waals surface area contributed by atoms with Gasteiger partial charge in [-0.2, -0.15) is 0 Å². The molecule has 0 aliphatic carbocycles. The Kier molecular flexibility index (Phi) is 9.20. The van der Waals surface area contributed by atoms with Crippen LogP contribution in [0.15, 0.2) is 152 Å². The van der Waals surface area contributed by atoms with E-state index in [0.717, 1.165) is 47.3 Å².